The van der Waals surface area contributed by atoms with E-state index in [9.17, 15) is 0 Å². The molecule has 0 bridgehead atoms. The maximum Gasteiger partial charge on any atom is 0.0333 e. The van der Waals surface area contributed by atoms with Crippen LogP contribution in [0.15, 0.2) is 0 Å². The summed E-state index contributed by atoms with van der Waals surface area (Å²) in [5.41, 5.74) is 0. The monoisotopic (exact) mass is 148 g/mol. The maximum atomic E-state index is 5.91. The molecule has 1 unspecified atom stereocenters. The van der Waals surface area contributed by atoms with Crippen molar-refractivity contribution in [2.24, 2.45) is 5.92 Å². The van der Waals surface area contributed by atoms with Crippen LogP contribution in [-0.2, 0) is 0 Å². The molecule has 0 saturated heterocycles. The minimum absolute atomic E-state index is 0.410. The zero-order valence-corrected chi connectivity index (χ0v) is 7.41. The lowest BCUT2D eigenvalue weighted by Gasteiger charge is -2.07. The molecule has 0 fully saturated rings. The highest BCUT2D eigenvalue weighted by atomic mass is 35.5. The first-order chi connectivity index (χ1) is 4.16. The molecule has 0 aliphatic carbocycles. The summed E-state index contributed by atoms with van der Waals surface area (Å²) in [6, 6.07) is 0. The van der Waals surface area contributed by atoms with Gasteiger partial charge in [-0.15, -0.1) is 11.6 Å². The van der Waals surface area contributed by atoms with Crippen molar-refractivity contribution in [1.82, 2.24) is 0 Å². The zero-order chi connectivity index (χ0) is 7.28. The van der Waals surface area contributed by atoms with Crippen LogP contribution in [0.4, 0.5) is 0 Å². The summed E-state index contributed by atoms with van der Waals surface area (Å²) in [6.45, 7) is 6.61. The summed E-state index contributed by atoms with van der Waals surface area (Å²) in [7, 11) is 0. The Bertz CT molecular complexity index is 59.6. The fourth-order valence-corrected chi connectivity index (χ4v) is 0.844. The van der Waals surface area contributed by atoms with Gasteiger partial charge in [-0.3, -0.25) is 0 Å². The summed E-state index contributed by atoms with van der Waals surface area (Å²) in [4.78, 5) is 0. The molecule has 1 heteroatoms. The standard InChI is InChI=1S/C8H17Cl/c1-4-8(9)6-5-7(2)3/h7-8H,4-6H2,1-3H3. The number of hydrogen-bond donors (Lipinski definition) is 0. The van der Waals surface area contributed by atoms with E-state index in [1.54, 1.807) is 0 Å². The summed E-state index contributed by atoms with van der Waals surface area (Å²) in [5.74, 6) is 0.804. The minimum atomic E-state index is 0.410. The molecular weight excluding hydrogens is 132 g/mol. The zero-order valence-electron chi connectivity index (χ0n) is 6.65. The van der Waals surface area contributed by atoms with E-state index in [1.807, 2.05) is 0 Å². The second-order valence-electron chi connectivity index (χ2n) is 2.98. The van der Waals surface area contributed by atoms with E-state index in [1.165, 1.54) is 12.8 Å². The van der Waals surface area contributed by atoms with Crippen LogP contribution in [0.2, 0.25) is 0 Å². The minimum Gasteiger partial charge on any atom is -0.123 e. The molecule has 0 saturated carbocycles. The summed E-state index contributed by atoms with van der Waals surface area (Å²) in [5, 5.41) is 0.410. The van der Waals surface area contributed by atoms with Gasteiger partial charge in [0.25, 0.3) is 0 Å². The van der Waals surface area contributed by atoms with Crippen LogP contribution in [0.5, 0.6) is 0 Å². The van der Waals surface area contributed by atoms with Crippen molar-refractivity contribution in [2.75, 3.05) is 0 Å². The third-order valence-corrected chi connectivity index (χ3v) is 2.03. The molecule has 0 N–H and O–H groups in total. The Kier molecular flexibility index (Phi) is 5.27. The molecule has 0 rings (SSSR count). The van der Waals surface area contributed by atoms with Crippen LogP contribution in [-0.4, -0.2) is 5.38 Å². The third kappa shape index (κ3) is 6.17. The Morgan fingerprint density at radius 3 is 2.11 bits per heavy atom. The van der Waals surface area contributed by atoms with Gasteiger partial charge in [0.05, 0.1) is 0 Å². The molecule has 0 spiro atoms. The molecule has 0 amide bonds. The first kappa shape index (κ1) is 9.29. The smallest absolute Gasteiger partial charge is 0.0333 e. The van der Waals surface area contributed by atoms with Crippen molar-refractivity contribution in [1.29, 1.82) is 0 Å². The lowest BCUT2D eigenvalue weighted by atomic mass is 10.1. The molecule has 0 nitrogen and oxygen atoms in total. The molecule has 1 atom stereocenters. The van der Waals surface area contributed by atoms with Crippen LogP contribution in [0.1, 0.15) is 40.0 Å². The van der Waals surface area contributed by atoms with Crippen molar-refractivity contribution in [2.45, 2.75) is 45.4 Å². The fraction of sp³-hybridized carbons (Fsp3) is 1.00. The highest BCUT2D eigenvalue weighted by Gasteiger charge is 2.01. The molecule has 0 aromatic heterocycles. The Labute approximate surface area is 63.6 Å². The van der Waals surface area contributed by atoms with Crippen LogP contribution >= 0.6 is 11.6 Å². The van der Waals surface area contributed by atoms with Gasteiger partial charge in [-0.25, -0.2) is 0 Å². The van der Waals surface area contributed by atoms with Gasteiger partial charge in [-0.2, -0.15) is 0 Å². The Hall–Kier alpha value is 0.290. The highest BCUT2D eigenvalue weighted by molar-refractivity contribution is 6.20. The first-order valence-electron chi connectivity index (χ1n) is 3.80. The van der Waals surface area contributed by atoms with Crippen molar-refractivity contribution < 1.29 is 0 Å². The van der Waals surface area contributed by atoms with Gasteiger partial charge in [0.15, 0.2) is 0 Å². The number of hydrogen-bond acceptors (Lipinski definition) is 0. The molecule has 56 valence electrons. The summed E-state index contributed by atoms with van der Waals surface area (Å²) >= 11 is 5.91. The second-order valence-corrected chi connectivity index (χ2v) is 3.59. The Morgan fingerprint density at radius 1 is 1.22 bits per heavy atom. The number of halogens is 1. The van der Waals surface area contributed by atoms with Crippen molar-refractivity contribution in [3.63, 3.8) is 0 Å². The third-order valence-electron chi connectivity index (χ3n) is 1.50. The molecule has 0 radical (unpaired) electrons. The van der Waals surface area contributed by atoms with E-state index >= 15 is 0 Å². The van der Waals surface area contributed by atoms with Gasteiger partial charge in [-0.1, -0.05) is 20.8 Å². The van der Waals surface area contributed by atoms with Crippen molar-refractivity contribution in [3.8, 4) is 0 Å². The lowest BCUT2D eigenvalue weighted by Crippen LogP contribution is -1.98. The quantitative estimate of drug-likeness (QED) is 0.536. The topological polar surface area (TPSA) is 0 Å². The maximum absolute atomic E-state index is 5.91. The highest BCUT2D eigenvalue weighted by Crippen LogP contribution is 2.13. The summed E-state index contributed by atoms with van der Waals surface area (Å²) < 4.78 is 0. The van der Waals surface area contributed by atoms with Gasteiger partial charge in [0, 0.05) is 5.38 Å². The van der Waals surface area contributed by atoms with Gasteiger partial charge < -0.3 is 0 Å². The number of alkyl halides is 1. The normalized spacial score (nSPS) is 14.3. The molecule has 0 aliphatic heterocycles. The van der Waals surface area contributed by atoms with Gasteiger partial charge in [0.2, 0.25) is 0 Å². The molecule has 0 heterocycles. The Morgan fingerprint density at radius 2 is 1.78 bits per heavy atom. The van der Waals surface area contributed by atoms with Crippen molar-refractivity contribution in [3.05, 3.63) is 0 Å². The van der Waals surface area contributed by atoms with Gasteiger partial charge in [0.1, 0.15) is 0 Å². The predicted octanol–water partition coefficient (Wildman–Crippen LogP) is 3.44. The van der Waals surface area contributed by atoms with E-state index in [4.69, 9.17) is 11.6 Å². The van der Waals surface area contributed by atoms with E-state index in [2.05, 4.69) is 20.8 Å². The lowest BCUT2D eigenvalue weighted by molar-refractivity contribution is 0.538. The van der Waals surface area contributed by atoms with Gasteiger partial charge in [-0.05, 0) is 25.2 Å². The largest absolute Gasteiger partial charge is 0.123 e. The van der Waals surface area contributed by atoms with E-state index in [0.29, 0.717) is 5.38 Å². The fourth-order valence-electron chi connectivity index (χ4n) is 0.718. The molecular formula is C8H17Cl. The second kappa shape index (κ2) is 5.10. The average Bonchev–Trinajstić information content (AvgIpc) is 1.83. The molecule has 9 heavy (non-hydrogen) atoms. The van der Waals surface area contributed by atoms with E-state index in [0.717, 1.165) is 12.3 Å². The SMILES string of the molecule is CCC(Cl)CCC(C)C. The van der Waals surface area contributed by atoms with Crippen LogP contribution in [0, 0.1) is 5.92 Å². The van der Waals surface area contributed by atoms with E-state index < -0.39 is 0 Å². The van der Waals surface area contributed by atoms with Crippen LogP contribution in [0.3, 0.4) is 0 Å². The Balaban J connectivity index is 3.06. The molecule has 0 aromatic carbocycles. The van der Waals surface area contributed by atoms with Gasteiger partial charge >= 0.3 is 0 Å². The molecule has 0 aromatic rings. The summed E-state index contributed by atoms with van der Waals surface area (Å²) in [6.07, 6.45) is 3.55. The van der Waals surface area contributed by atoms with Crippen LogP contribution < -0.4 is 0 Å². The van der Waals surface area contributed by atoms with E-state index in [-0.39, 0.29) is 0 Å². The van der Waals surface area contributed by atoms with Crippen LogP contribution in [0.25, 0.3) is 0 Å². The first-order valence-corrected chi connectivity index (χ1v) is 4.24. The molecule has 0 aliphatic rings. The number of rotatable bonds is 4. The predicted molar refractivity (Wildman–Crippen MR) is 44.0 cm³/mol. The van der Waals surface area contributed by atoms with Crippen molar-refractivity contribution >= 4 is 11.6 Å². The average molecular weight is 149 g/mol.